The number of alkyl halides is 4. The normalized spacial score (nSPS) is 11.5. The summed E-state index contributed by atoms with van der Waals surface area (Å²) in [5.41, 5.74) is 1.60. The number of hydrogen-bond donors (Lipinski definition) is 0. The van der Waals surface area contributed by atoms with E-state index in [1.165, 1.54) is 12.1 Å². The average Bonchev–Trinajstić information content (AvgIpc) is 2.14. The first-order chi connectivity index (χ1) is 6.94. The Morgan fingerprint density at radius 2 is 1.80 bits per heavy atom. The van der Waals surface area contributed by atoms with Crippen LogP contribution in [0.4, 0.5) is 13.2 Å². The van der Waals surface area contributed by atoms with Crippen molar-refractivity contribution in [2.24, 2.45) is 0 Å². The molecular weight excluding hydrogens is 273 g/mol. The summed E-state index contributed by atoms with van der Waals surface area (Å²) in [4.78, 5) is 0. The second-order valence-corrected chi connectivity index (χ2v) is 3.58. The SMILES string of the molecule is CCc1cc(CBr)cc(OC(F)(F)F)c1. The van der Waals surface area contributed by atoms with E-state index in [4.69, 9.17) is 0 Å². The van der Waals surface area contributed by atoms with Crippen molar-refractivity contribution in [2.75, 3.05) is 0 Å². The molecule has 0 aromatic heterocycles. The number of aryl methyl sites for hydroxylation is 1. The lowest BCUT2D eigenvalue weighted by Gasteiger charge is -2.11. The van der Waals surface area contributed by atoms with Gasteiger partial charge < -0.3 is 4.74 Å². The molecule has 0 heterocycles. The Hall–Kier alpha value is -0.710. The monoisotopic (exact) mass is 282 g/mol. The third kappa shape index (κ3) is 4.11. The molecule has 0 fully saturated rings. The molecule has 0 unspecified atom stereocenters. The first-order valence-corrected chi connectivity index (χ1v) is 5.51. The van der Waals surface area contributed by atoms with Crippen molar-refractivity contribution in [1.29, 1.82) is 0 Å². The predicted octanol–water partition coefficient (Wildman–Crippen LogP) is 4.04. The van der Waals surface area contributed by atoms with Gasteiger partial charge in [-0.25, -0.2) is 0 Å². The third-order valence-corrected chi connectivity index (χ3v) is 2.47. The van der Waals surface area contributed by atoms with Crippen LogP contribution >= 0.6 is 15.9 Å². The third-order valence-electron chi connectivity index (χ3n) is 1.82. The van der Waals surface area contributed by atoms with Crippen molar-refractivity contribution in [1.82, 2.24) is 0 Å². The van der Waals surface area contributed by atoms with Gasteiger partial charge in [0.2, 0.25) is 0 Å². The Kier molecular flexibility index (Phi) is 4.02. The van der Waals surface area contributed by atoms with Gasteiger partial charge in [0.05, 0.1) is 0 Å². The van der Waals surface area contributed by atoms with E-state index in [0.29, 0.717) is 11.8 Å². The summed E-state index contributed by atoms with van der Waals surface area (Å²) in [7, 11) is 0. The van der Waals surface area contributed by atoms with Gasteiger partial charge in [-0.05, 0) is 29.7 Å². The van der Waals surface area contributed by atoms with E-state index in [2.05, 4.69) is 20.7 Å². The zero-order valence-corrected chi connectivity index (χ0v) is 9.65. The quantitative estimate of drug-likeness (QED) is 0.761. The fourth-order valence-corrected chi connectivity index (χ4v) is 1.53. The highest BCUT2D eigenvalue weighted by atomic mass is 79.9. The smallest absolute Gasteiger partial charge is 0.406 e. The zero-order valence-electron chi connectivity index (χ0n) is 8.07. The Morgan fingerprint density at radius 1 is 1.20 bits per heavy atom. The summed E-state index contributed by atoms with van der Waals surface area (Å²) in [5.74, 6) is -0.156. The van der Waals surface area contributed by atoms with Gasteiger partial charge in [-0.15, -0.1) is 13.2 Å². The number of hydrogen-bond acceptors (Lipinski definition) is 1. The average molecular weight is 283 g/mol. The maximum Gasteiger partial charge on any atom is 0.573 e. The van der Waals surface area contributed by atoms with Crippen molar-refractivity contribution in [2.45, 2.75) is 25.0 Å². The molecule has 15 heavy (non-hydrogen) atoms. The van der Waals surface area contributed by atoms with E-state index >= 15 is 0 Å². The molecule has 0 radical (unpaired) electrons. The standard InChI is InChI=1S/C10H10BrF3O/c1-2-7-3-8(6-11)5-9(4-7)15-10(12,13)14/h3-5H,2,6H2,1H3. The summed E-state index contributed by atoms with van der Waals surface area (Å²) in [5, 5.41) is 0.509. The lowest BCUT2D eigenvalue weighted by molar-refractivity contribution is -0.274. The van der Waals surface area contributed by atoms with Crippen molar-refractivity contribution < 1.29 is 17.9 Å². The number of halogens is 4. The molecule has 0 amide bonds. The lowest BCUT2D eigenvalue weighted by atomic mass is 10.1. The van der Waals surface area contributed by atoms with Gasteiger partial charge in [0.15, 0.2) is 0 Å². The van der Waals surface area contributed by atoms with Crippen LogP contribution < -0.4 is 4.74 Å². The van der Waals surface area contributed by atoms with Gasteiger partial charge in [0, 0.05) is 5.33 Å². The van der Waals surface area contributed by atoms with E-state index in [1.54, 1.807) is 0 Å². The fraction of sp³-hybridized carbons (Fsp3) is 0.400. The Morgan fingerprint density at radius 3 is 2.27 bits per heavy atom. The molecule has 5 heteroatoms. The van der Waals surface area contributed by atoms with Gasteiger partial charge in [-0.1, -0.05) is 28.9 Å². The highest BCUT2D eigenvalue weighted by Crippen LogP contribution is 2.26. The van der Waals surface area contributed by atoms with Crippen molar-refractivity contribution in [3.05, 3.63) is 29.3 Å². The largest absolute Gasteiger partial charge is 0.573 e. The van der Waals surface area contributed by atoms with Gasteiger partial charge in [0.1, 0.15) is 5.75 Å². The van der Waals surface area contributed by atoms with E-state index in [0.717, 1.165) is 11.1 Å². The maximum atomic E-state index is 12.0. The summed E-state index contributed by atoms with van der Waals surface area (Å²) in [6.07, 6.45) is -3.95. The molecule has 0 N–H and O–H groups in total. The summed E-state index contributed by atoms with van der Waals surface area (Å²) in [6.45, 7) is 1.88. The minimum atomic E-state index is -4.63. The summed E-state index contributed by atoms with van der Waals surface area (Å²) < 4.78 is 39.8. The van der Waals surface area contributed by atoms with Crippen LogP contribution in [0.2, 0.25) is 0 Å². The van der Waals surface area contributed by atoms with Crippen LogP contribution in [0.5, 0.6) is 5.75 Å². The highest BCUT2D eigenvalue weighted by Gasteiger charge is 2.31. The molecule has 1 rings (SSSR count). The molecule has 1 aromatic carbocycles. The Labute approximate surface area is 94.4 Å². The molecule has 0 bridgehead atoms. The van der Waals surface area contributed by atoms with Crippen molar-refractivity contribution >= 4 is 15.9 Å². The van der Waals surface area contributed by atoms with E-state index in [1.807, 2.05) is 13.0 Å². The van der Waals surface area contributed by atoms with Gasteiger partial charge in [-0.3, -0.25) is 0 Å². The summed E-state index contributed by atoms with van der Waals surface area (Å²) in [6, 6.07) is 4.62. The molecular formula is C10H10BrF3O. The van der Waals surface area contributed by atoms with Crippen LogP contribution in [0.3, 0.4) is 0 Å². The molecule has 0 saturated carbocycles. The van der Waals surface area contributed by atoms with Crippen LogP contribution in [0.25, 0.3) is 0 Å². The second kappa shape index (κ2) is 4.88. The van der Waals surface area contributed by atoms with E-state index in [9.17, 15) is 13.2 Å². The molecule has 0 aliphatic heterocycles. The molecule has 84 valence electrons. The fourth-order valence-electron chi connectivity index (χ4n) is 1.20. The van der Waals surface area contributed by atoms with Gasteiger partial charge in [0.25, 0.3) is 0 Å². The Balaban J connectivity index is 2.97. The van der Waals surface area contributed by atoms with Crippen LogP contribution in [-0.4, -0.2) is 6.36 Å². The second-order valence-electron chi connectivity index (χ2n) is 3.02. The van der Waals surface area contributed by atoms with Crippen molar-refractivity contribution in [3.63, 3.8) is 0 Å². The van der Waals surface area contributed by atoms with E-state index < -0.39 is 6.36 Å². The number of benzene rings is 1. The minimum absolute atomic E-state index is 0.156. The molecule has 0 aliphatic carbocycles. The lowest BCUT2D eigenvalue weighted by Crippen LogP contribution is -2.17. The van der Waals surface area contributed by atoms with Gasteiger partial charge >= 0.3 is 6.36 Å². The summed E-state index contributed by atoms with van der Waals surface area (Å²) >= 11 is 3.20. The van der Waals surface area contributed by atoms with E-state index in [-0.39, 0.29) is 5.75 Å². The predicted molar refractivity (Wildman–Crippen MR) is 55.1 cm³/mol. The molecule has 0 spiro atoms. The van der Waals surface area contributed by atoms with Crippen LogP contribution in [0.1, 0.15) is 18.1 Å². The van der Waals surface area contributed by atoms with Crippen LogP contribution in [-0.2, 0) is 11.8 Å². The van der Waals surface area contributed by atoms with Crippen LogP contribution in [0, 0.1) is 0 Å². The zero-order chi connectivity index (χ0) is 11.5. The molecule has 0 saturated heterocycles. The minimum Gasteiger partial charge on any atom is -0.406 e. The topological polar surface area (TPSA) is 9.23 Å². The Bertz CT molecular complexity index is 314. The first kappa shape index (κ1) is 12.4. The molecule has 1 aromatic rings. The highest BCUT2D eigenvalue weighted by molar-refractivity contribution is 9.08. The molecule has 1 nitrogen and oxygen atoms in total. The first-order valence-electron chi connectivity index (χ1n) is 4.39. The van der Waals surface area contributed by atoms with Crippen molar-refractivity contribution in [3.8, 4) is 5.75 Å². The number of ether oxygens (including phenoxy) is 1. The molecule has 0 aliphatic rings. The van der Waals surface area contributed by atoms with Gasteiger partial charge in [-0.2, -0.15) is 0 Å². The maximum absolute atomic E-state index is 12.0. The number of rotatable bonds is 3. The van der Waals surface area contributed by atoms with Crippen LogP contribution in [0.15, 0.2) is 18.2 Å². The molecule has 0 atom stereocenters.